The van der Waals surface area contributed by atoms with Crippen molar-refractivity contribution in [2.45, 2.75) is 32.7 Å². The maximum atomic E-state index is 12.8. The highest BCUT2D eigenvalue weighted by molar-refractivity contribution is 5.91. The van der Waals surface area contributed by atoms with E-state index in [1.54, 1.807) is 7.11 Å². The Morgan fingerprint density at radius 1 is 1.17 bits per heavy atom. The molecule has 0 aromatic heterocycles. The lowest BCUT2D eigenvalue weighted by atomic mass is 10.0. The lowest BCUT2D eigenvalue weighted by Gasteiger charge is -2.26. The smallest absolute Gasteiger partial charge is 0.322 e. The number of nitrogens with one attached hydrogen (secondary N) is 1. The number of methoxy groups -OCH3 is 1. The zero-order valence-corrected chi connectivity index (χ0v) is 14.5. The van der Waals surface area contributed by atoms with Crippen molar-refractivity contribution in [3.63, 3.8) is 0 Å². The van der Waals surface area contributed by atoms with Gasteiger partial charge in [0.1, 0.15) is 5.75 Å². The van der Waals surface area contributed by atoms with Gasteiger partial charge in [0.05, 0.1) is 18.8 Å². The first kappa shape index (κ1) is 16.4. The summed E-state index contributed by atoms with van der Waals surface area (Å²) in [5.41, 5.74) is 4.24. The van der Waals surface area contributed by atoms with Crippen LogP contribution in [-0.4, -0.2) is 24.6 Å². The summed E-state index contributed by atoms with van der Waals surface area (Å²) in [6, 6.07) is 14.3. The Bertz CT molecular complexity index is 742. The molecular formula is C20H24N2O2. The number of ether oxygens (including phenoxy) is 1. The highest BCUT2D eigenvalue weighted by Crippen LogP contribution is 2.33. The Kier molecular flexibility index (Phi) is 4.74. The fourth-order valence-electron chi connectivity index (χ4n) is 3.34. The average molecular weight is 324 g/mol. The number of benzene rings is 2. The van der Waals surface area contributed by atoms with Gasteiger partial charge < -0.3 is 15.0 Å². The number of anilines is 1. The molecule has 1 N–H and O–H groups in total. The van der Waals surface area contributed by atoms with E-state index in [0.29, 0.717) is 5.75 Å². The summed E-state index contributed by atoms with van der Waals surface area (Å²) in [5, 5.41) is 3.02. The summed E-state index contributed by atoms with van der Waals surface area (Å²) >= 11 is 0. The van der Waals surface area contributed by atoms with Crippen molar-refractivity contribution < 1.29 is 9.53 Å². The van der Waals surface area contributed by atoms with Gasteiger partial charge in [0, 0.05) is 6.54 Å². The van der Waals surface area contributed by atoms with Crippen molar-refractivity contribution in [3.05, 3.63) is 59.2 Å². The molecule has 1 heterocycles. The van der Waals surface area contributed by atoms with E-state index < -0.39 is 0 Å². The molecule has 1 fully saturated rings. The maximum Gasteiger partial charge on any atom is 0.322 e. The zero-order chi connectivity index (χ0) is 17.1. The Morgan fingerprint density at radius 2 is 1.96 bits per heavy atom. The predicted octanol–water partition coefficient (Wildman–Crippen LogP) is 4.68. The van der Waals surface area contributed by atoms with Gasteiger partial charge in [-0.15, -0.1) is 0 Å². The van der Waals surface area contributed by atoms with Gasteiger partial charge >= 0.3 is 6.03 Å². The van der Waals surface area contributed by atoms with Crippen LogP contribution in [0.15, 0.2) is 42.5 Å². The molecule has 0 radical (unpaired) electrons. The minimum Gasteiger partial charge on any atom is -0.495 e. The van der Waals surface area contributed by atoms with E-state index in [9.17, 15) is 4.79 Å². The van der Waals surface area contributed by atoms with Crippen molar-refractivity contribution in [2.75, 3.05) is 19.0 Å². The number of hydrogen-bond acceptors (Lipinski definition) is 2. The molecule has 2 amide bonds. The monoisotopic (exact) mass is 324 g/mol. The minimum atomic E-state index is -0.0668. The number of rotatable bonds is 3. The zero-order valence-electron chi connectivity index (χ0n) is 14.5. The number of urea groups is 1. The second-order valence-corrected chi connectivity index (χ2v) is 6.40. The summed E-state index contributed by atoms with van der Waals surface area (Å²) in [7, 11) is 1.62. The molecule has 0 saturated carbocycles. The van der Waals surface area contributed by atoms with Crippen LogP contribution in [0, 0.1) is 13.8 Å². The lowest BCUT2D eigenvalue weighted by molar-refractivity contribution is 0.207. The molecule has 2 aromatic carbocycles. The predicted molar refractivity (Wildman–Crippen MR) is 96.6 cm³/mol. The van der Waals surface area contributed by atoms with Crippen LogP contribution in [0.25, 0.3) is 0 Å². The van der Waals surface area contributed by atoms with Crippen LogP contribution >= 0.6 is 0 Å². The molecule has 0 unspecified atom stereocenters. The third-order valence-corrected chi connectivity index (χ3v) is 4.54. The van der Waals surface area contributed by atoms with Crippen molar-refractivity contribution in [1.82, 2.24) is 4.90 Å². The SMILES string of the molecule is COc1ccc(C)cc1NC(=O)N1CCC[C@@H]1c1cccc(C)c1. The number of hydrogen-bond donors (Lipinski definition) is 1. The minimum absolute atomic E-state index is 0.0668. The van der Waals surface area contributed by atoms with Crippen LogP contribution in [0.3, 0.4) is 0 Å². The fourth-order valence-corrected chi connectivity index (χ4v) is 3.34. The van der Waals surface area contributed by atoms with Crippen molar-refractivity contribution >= 4 is 11.7 Å². The molecule has 4 nitrogen and oxygen atoms in total. The normalized spacial score (nSPS) is 17.0. The van der Waals surface area contributed by atoms with Gasteiger partial charge in [0.25, 0.3) is 0 Å². The summed E-state index contributed by atoms with van der Waals surface area (Å²) in [5.74, 6) is 0.681. The molecule has 3 rings (SSSR count). The van der Waals surface area contributed by atoms with E-state index in [1.165, 1.54) is 11.1 Å². The van der Waals surface area contributed by atoms with Gasteiger partial charge in [0.15, 0.2) is 0 Å². The Labute approximate surface area is 143 Å². The van der Waals surface area contributed by atoms with Crippen LogP contribution in [-0.2, 0) is 0 Å². The number of likely N-dealkylation sites (tertiary alicyclic amines) is 1. The van der Waals surface area contributed by atoms with Gasteiger partial charge in [-0.1, -0.05) is 35.9 Å². The molecule has 0 spiro atoms. The third kappa shape index (κ3) is 3.37. The highest BCUT2D eigenvalue weighted by Gasteiger charge is 2.30. The molecule has 0 bridgehead atoms. The van der Waals surface area contributed by atoms with E-state index in [4.69, 9.17) is 4.74 Å². The molecule has 1 aliphatic rings. The molecular weight excluding hydrogens is 300 g/mol. The second-order valence-electron chi connectivity index (χ2n) is 6.40. The molecule has 1 atom stereocenters. The van der Waals surface area contributed by atoms with Crippen LogP contribution in [0.2, 0.25) is 0 Å². The highest BCUT2D eigenvalue weighted by atomic mass is 16.5. The number of nitrogens with zero attached hydrogens (tertiary/aromatic N) is 1. The lowest BCUT2D eigenvalue weighted by Crippen LogP contribution is -2.34. The van der Waals surface area contributed by atoms with Gasteiger partial charge in [-0.3, -0.25) is 0 Å². The van der Waals surface area contributed by atoms with E-state index >= 15 is 0 Å². The summed E-state index contributed by atoms with van der Waals surface area (Å²) in [6.45, 7) is 4.86. The first-order valence-electron chi connectivity index (χ1n) is 8.37. The van der Waals surface area contributed by atoms with Crippen molar-refractivity contribution in [2.24, 2.45) is 0 Å². The van der Waals surface area contributed by atoms with Crippen molar-refractivity contribution in [1.29, 1.82) is 0 Å². The molecule has 1 saturated heterocycles. The standard InChI is InChI=1S/C20H24N2O2/c1-14-6-4-7-16(12-14)18-8-5-11-22(18)20(23)21-17-13-15(2)9-10-19(17)24-3/h4,6-7,9-10,12-13,18H,5,8,11H2,1-3H3,(H,21,23)/t18-/m1/s1. The van der Waals surface area contributed by atoms with Crippen LogP contribution in [0.1, 0.15) is 35.6 Å². The van der Waals surface area contributed by atoms with E-state index in [0.717, 1.165) is 30.6 Å². The fraction of sp³-hybridized carbons (Fsp3) is 0.350. The largest absolute Gasteiger partial charge is 0.495 e. The quantitative estimate of drug-likeness (QED) is 0.890. The number of carbonyl (C=O) groups excluding carboxylic acids is 1. The maximum absolute atomic E-state index is 12.8. The second kappa shape index (κ2) is 6.95. The topological polar surface area (TPSA) is 41.6 Å². The Balaban J connectivity index is 1.80. The summed E-state index contributed by atoms with van der Waals surface area (Å²) in [4.78, 5) is 14.7. The van der Waals surface area contributed by atoms with Gasteiger partial charge in [-0.25, -0.2) is 4.79 Å². The number of amides is 2. The summed E-state index contributed by atoms with van der Waals surface area (Å²) in [6.07, 6.45) is 2.03. The molecule has 0 aliphatic carbocycles. The first-order valence-corrected chi connectivity index (χ1v) is 8.37. The average Bonchev–Trinajstić information content (AvgIpc) is 3.05. The Morgan fingerprint density at radius 3 is 2.71 bits per heavy atom. The summed E-state index contributed by atoms with van der Waals surface area (Å²) < 4.78 is 5.36. The third-order valence-electron chi connectivity index (χ3n) is 4.54. The number of aryl methyl sites for hydroxylation is 2. The van der Waals surface area contributed by atoms with Crippen LogP contribution in [0.5, 0.6) is 5.75 Å². The van der Waals surface area contributed by atoms with Crippen LogP contribution < -0.4 is 10.1 Å². The molecule has 1 aliphatic heterocycles. The molecule has 24 heavy (non-hydrogen) atoms. The Hall–Kier alpha value is -2.49. The van der Waals surface area contributed by atoms with Crippen LogP contribution in [0.4, 0.5) is 10.5 Å². The van der Waals surface area contributed by atoms with Gasteiger partial charge in [-0.05, 0) is 49.9 Å². The van der Waals surface area contributed by atoms with Crippen molar-refractivity contribution in [3.8, 4) is 5.75 Å². The molecule has 126 valence electrons. The van der Waals surface area contributed by atoms with Gasteiger partial charge in [0.2, 0.25) is 0 Å². The van der Waals surface area contributed by atoms with E-state index in [-0.39, 0.29) is 12.1 Å². The van der Waals surface area contributed by atoms with E-state index in [1.807, 2.05) is 30.0 Å². The van der Waals surface area contributed by atoms with Gasteiger partial charge in [-0.2, -0.15) is 0 Å². The molecule has 4 heteroatoms. The molecule has 2 aromatic rings. The number of carbonyl (C=O) groups is 1. The first-order chi connectivity index (χ1) is 11.6. The van der Waals surface area contributed by atoms with E-state index in [2.05, 4.69) is 36.5 Å².